The van der Waals surface area contributed by atoms with E-state index >= 15 is 0 Å². The lowest BCUT2D eigenvalue weighted by molar-refractivity contribution is 0.601. The zero-order valence-electron chi connectivity index (χ0n) is 10.8. The van der Waals surface area contributed by atoms with E-state index < -0.39 is 10.0 Å². The number of aromatic nitrogens is 1. The molecule has 0 unspecified atom stereocenters. The molecule has 0 aromatic carbocycles. The summed E-state index contributed by atoms with van der Waals surface area (Å²) < 4.78 is 27.1. The van der Waals surface area contributed by atoms with Crippen molar-refractivity contribution in [3.63, 3.8) is 0 Å². The lowest BCUT2D eigenvalue weighted by atomic mass is 10.1. The second-order valence-corrected chi connectivity index (χ2v) is 7.77. The molecule has 8 heteroatoms. The summed E-state index contributed by atoms with van der Waals surface area (Å²) >= 11 is 6.99. The van der Waals surface area contributed by atoms with Crippen LogP contribution in [0.15, 0.2) is 23.2 Å². The average molecular weight is 340 g/mol. The van der Waals surface area contributed by atoms with E-state index in [4.69, 9.17) is 11.6 Å². The molecule has 3 rings (SSSR count). The molecule has 2 aromatic rings. The first-order valence-corrected chi connectivity index (χ1v) is 8.88. The number of pyridine rings is 1. The maximum Gasteiger partial charge on any atom is 0.264 e. The molecule has 0 spiro atoms. The Morgan fingerprint density at radius 1 is 1.38 bits per heavy atom. The molecule has 0 saturated carbocycles. The fraction of sp³-hybridized carbons (Fsp3) is 0.231. The summed E-state index contributed by atoms with van der Waals surface area (Å²) in [6.45, 7) is 0. The smallest absolute Gasteiger partial charge is 0.264 e. The number of hydrogen-bond acceptors (Lipinski definition) is 5. The van der Waals surface area contributed by atoms with Crippen molar-refractivity contribution in [3.8, 4) is 6.07 Å². The van der Waals surface area contributed by atoms with Crippen LogP contribution < -0.4 is 4.72 Å². The van der Waals surface area contributed by atoms with E-state index in [-0.39, 0.29) is 10.0 Å². The summed E-state index contributed by atoms with van der Waals surface area (Å²) in [6, 6.07) is 4.90. The van der Waals surface area contributed by atoms with Gasteiger partial charge in [-0.25, -0.2) is 13.4 Å². The molecule has 0 radical (unpaired) electrons. The Hall–Kier alpha value is -1.62. The molecular weight excluding hydrogens is 330 g/mol. The maximum absolute atomic E-state index is 12.3. The lowest BCUT2D eigenvalue weighted by Gasteiger charge is -2.06. The first kappa shape index (κ1) is 14.3. The minimum Gasteiger partial charge on any atom is -0.269 e. The molecule has 0 atom stereocenters. The molecule has 2 aromatic heterocycles. The number of sulfonamides is 1. The number of rotatable bonds is 3. The largest absolute Gasteiger partial charge is 0.269 e. The predicted octanol–water partition coefficient (Wildman–Crippen LogP) is 2.96. The van der Waals surface area contributed by atoms with Crippen molar-refractivity contribution < 1.29 is 8.42 Å². The average Bonchev–Trinajstić information content (AvgIpc) is 2.99. The second kappa shape index (κ2) is 5.30. The predicted molar refractivity (Wildman–Crippen MR) is 81.1 cm³/mol. The van der Waals surface area contributed by atoms with Crippen LogP contribution >= 0.6 is 22.9 Å². The normalized spacial score (nSPS) is 13.7. The molecule has 1 N–H and O–H groups in total. The number of hydrogen-bond donors (Lipinski definition) is 1. The Morgan fingerprint density at radius 3 is 2.86 bits per heavy atom. The van der Waals surface area contributed by atoms with Crippen molar-refractivity contribution >= 4 is 38.0 Å². The summed E-state index contributed by atoms with van der Waals surface area (Å²) in [5.41, 5.74) is 1.42. The Bertz CT molecular complexity index is 836. The van der Waals surface area contributed by atoms with Gasteiger partial charge in [-0.15, -0.1) is 11.3 Å². The van der Waals surface area contributed by atoms with E-state index in [1.165, 1.54) is 29.7 Å². The minimum atomic E-state index is -3.76. The fourth-order valence-corrected chi connectivity index (χ4v) is 4.90. The van der Waals surface area contributed by atoms with Crippen molar-refractivity contribution in [2.75, 3.05) is 4.72 Å². The van der Waals surface area contributed by atoms with Gasteiger partial charge in [-0.2, -0.15) is 5.26 Å². The van der Waals surface area contributed by atoms with Crippen molar-refractivity contribution in [2.45, 2.75) is 24.2 Å². The molecule has 0 saturated heterocycles. The van der Waals surface area contributed by atoms with Crippen LogP contribution in [0.5, 0.6) is 0 Å². The van der Waals surface area contributed by atoms with E-state index in [0.29, 0.717) is 10.6 Å². The Labute approximate surface area is 131 Å². The van der Waals surface area contributed by atoms with Gasteiger partial charge in [0.25, 0.3) is 10.0 Å². The second-order valence-electron chi connectivity index (χ2n) is 4.60. The quantitative estimate of drug-likeness (QED) is 0.871. The zero-order chi connectivity index (χ0) is 15.0. The van der Waals surface area contributed by atoms with Crippen molar-refractivity contribution in [1.82, 2.24) is 4.98 Å². The van der Waals surface area contributed by atoms with Crippen LogP contribution in [0, 0.1) is 11.3 Å². The first-order chi connectivity index (χ1) is 10.0. The van der Waals surface area contributed by atoms with Gasteiger partial charge < -0.3 is 0 Å². The summed E-state index contributed by atoms with van der Waals surface area (Å²) in [5, 5.41) is 9.88. The highest BCUT2D eigenvalue weighted by Crippen LogP contribution is 2.39. The number of anilines is 1. The van der Waals surface area contributed by atoms with E-state index in [1.807, 2.05) is 0 Å². The molecule has 1 aliphatic carbocycles. The molecular formula is C13H10ClN3O2S2. The molecule has 108 valence electrons. The summed E-state index contributed by atoms with van der Waals surface area (Å²) in [4.78, 5) is 4.88. The molecule has 2 heterocycles. The summed E-state index contributed by atoms with van der Waals surface area (Å²) in [7, 11) is -3.76. The number of thiophene rings is 1. The summed E-state index contributed by atoms with van der Waals surface area (Å²) in [6.07, 6.45) is 3.94. The van der Waals surface area contributed by atoms with Gasteiger partial charge in [-0.3, -0.25) is 4.72 Å². The molecule has 1 aliphatic rings. The first-order valence-electron chi connectivity index (χ1n) is 6.20. The highest BCUT2D eigenvalue weighted by molar-refractivity contribution is 7.93. The third-order valence-corrected chi connectivity index (χ3v) is 6.17. The van der Waals surface area contributed by atoms with Gasteiger partial charge in [0.05, 0.1) is 5.56 Å². The van der Waals surface area contributed by atoms with Crippen LogP contribution in [0.2, 0.25) is 5.15 Å². The van der Waals surface area contributed by atoms with E-state index in [9.17, 15) is 13.7 Å². The third-order valence-electron chi connectivity index (χ3n) is 3.27. The summed E-state index contributed by atoms with van der Waals surface area (Å²) in [5.74, 6) is 0. The number of aryl methyl sites for hydroxylation is 1. The van der Waals surface area contributed by atoms with Gasteiger partial charge in [0, 0.05) is 11.1 Å². The van der Waals surface area contributed by atoms with Gasteiger partial charge in [0.15, 0.2) is 0 Å². The maximum atomic E-state index is 12.3. The Kier molecular flexibility index (Phi) is 3.61. The highest BCUT2D eigenvalue weighted by Gasteiger charge is 2.25. The number of nitrogens with zero attached hydrogens (tertiary/aromatic N) is 2. The van der Waals surface area contributed by atoms with Crippen molar-refractivity contribution in [3.05, 3.63) is 39.5 Å². The number of nitrogens with one attached hydrogen (secondary N) is 1. The topological polar surface area (TPSA) is 82.9 Å². The van der Waals surface area contributed by atoms with Crippen LogP contribution in [0.3, 0.4) is 0 Å². The van der Waals surface area contributed by atoms with Gasteiger partial charge in [0.2, 0.25) is 0 Å². The van der Waals surface area contributed by atoms with E-state index in [1.54, 1.807) is 0 Å². The molecule has 21 heavy (non-hydrogen) atoms. The number of fused-ring (bicyclic) bond motifs is 1. The van der Waals surface area contributed by atoms with Crippen molar-refractivity contribution in [1.29, 1.82) is 5.26 Å². The molecule has 0 bridgehead atoms. The Balaban J connectivity index is 1.97. The monoisotopic (exact) mass is 339 g/mol. The highest BCUT2D eigenvalue weighted by atomic mass is 35.5. The van der Waals surface area contributed by atoms with Crippen LogP contribution in [0.1, 0.15) is 22.4 Å². The molecule has 0 amide bonds. The van der Waals surface area contributed by atoms with E-state index in [2.05, 4.69) is 15.8 Å². The van der Waals surface area contributed by atoms with Gasteiger partial charge in [-0.05, 0) is 37.0 Å². The lowest BCUT2D eigenvalue weighted by Crippen LogP contribution is -2.13. The molecule has 5 nitrogen and oxygen atoms in total. The third kappa shape index (κ3) is 2.62. The number of nitriles is 1. The van der Waals surface area contributed by atoms with Crippen molar-refractivity contribution in [2.24, 2.45) is 0 Å². The minimum absolute atomic E-state index is 0.0179. The van der Waals surface area contributed by atoms with Crippen LogP contribution in [0.4, 0.5) is 5.00 Å². The zero-order valence-corrected chi connectivity index (χ0v) is 13.1. The van der Waals surface area contributed by atoms with Gasteiger partial charge in [0.1, 0.15) is 21.1 Å². The Morgan fingerprint density at radius 2 is 2.19 bits per heavy atom. The van der Waals surface area contributed by atoms with E-state index in [0.717, 1.165) is 29.7 Å². The van der Waals surface area contributed by atoms with Crippen LogP contribution in [0.25, 0.3) is 0 Å². The molecule has 0 aliphatic heterocycles. The van der Waals surface area contributed by atoms with Crippen LogP contribution in [-0.2, 0) is 22.9 Å². The van der Waals surface area contributed by atoms with Crippen LogP contribution in [-0.4, -0.2) is 13.4 Å². The van der Waals surface area contributed by atoms with Gasteiger partial charge >= 0.3 is 0 Å². The fourth-order valence-electron chi connectivity index (χ4n) is 2.30. The SMILES string of the molecule is N#Cc1c(NS(=O)(=O)c2ccc(Cl)nc2)sc2c1CCC2. The van der Waals surface area contributed by atoms with Gasteiger partial charge in [-0.1, -0.05) is 11.6 Å². The molecule has 0 fully saturated rings. The number of halogens is 1. The standard InChI is InChI=1S/C13H10ClN3O2S2/c14-12-5-4-8(7-16-12)21(18,19)17-13-10(6-15)9-2-1-3-11(9)20-13/h4-5,7,17H,1-3H2.